The van der Waals surface area contributed by atoms with E-state index < -0.39 is 17.7 Å². The highest BCUT2D eigenvalue weighted by Crippen LogP contribution is 2.48. The molecule has 1 atom stereocenters. The van der Waals surface area contributed by atoms with E-state index in [1.807, 2.05) is 0 Å². The number of aryl methyl sites for hydroxylation is 1. The van der Waals surface area contributed by atoms with Crippen molar-refractivity contribution in [2.45, 2.75) is 45.4 Å². The van der Waals surface area contributed by atoms with E-state index in [1.54, 1.807) is 13.3 Å². The number of hydrogen-bond donors (Lipinski definition) is 1. The number of alkyl halides is 3. The molecule has 1 unspecified atom stereocenters. The first kappa shape index (κ1) is 19.6. The van der Waals surface area contributed by atoms with E-state index >= 15 is 0 Å². The van der Waals surface area contributed by atoms with Gasteiger partial charge in [0.05, 0.1) is 19.1 Å². The van der Waals surface area contributed by atoms with Crippen LogP contribution in [0, 0.1) is 12.8 Å². The second kappa shape index (κ2) is 7.23. The maximum Gasteiger partial charge on any atom is 0.421 e. The van der Waals surface area contributed by atoms with Crippen LogP contribution in [0.15, 0.2) is 17.1 Å². The second-order valence-corrected chi connectivity index (χ2v) is 6.75. The maximum atomic E-state index is 13.6. The van der Waals surface area contributed by atoms with Gasteiger partial charge >= 0.3 is 6.18 Å². The summed E-state index contributed by atoms with van der Waals surface area (Å²) in [6.45, 7) is 6.21. The molecule has 1 aromatic carbocycles. The van der Waals surface area contributed by atoms with Crippen molar-refractivity contribution in [2.75, 3.05) is 20.2 Å². The van der Waals surface area contributed by atoms with Crippen molar-refractivity contribution in [2.24, 2.45) is 10.9 Å². The first-order valence-electron chi connectivity index (χ1n) is 8.37. The van der Waals surface area contributed by atoms with Crippen molar-refractivity contribution in [3.05, 3.63) is 23.3 Å². The molecule has 1 aliphatic heterocycles. The molecule has 0 spiro atoms. The normalized spacial score (nSPS) is 18.2. The van der Waals surface area contributed by atoms with E-state index in [0.717, 1.165) is 25.9 Å². The molecule has 0 aromatic heterocycles. The molecule has 140 valence electrons. The van der Waals surface area contributed by atoms with Crippen LogP contribution in [0.1, 0.15) is 37.8 Å². The highest BCUT2D eigenvalue weighted by Gasteiger charge is 2.58. The number of halogens is 3. The lowest BCUT2D eigenvalue weighted by Crippen LogP contribution is -2.47. The Labute approximate surface area is 146 Å². The van der Waals surface area contributed by atoms with Gasteiger partial charge in [-0.15, -0.1) is 0 Å². The van der Waals surface area contributed by atoms with Gasteiger partial charge in [0.15, 0.2) is 5.60 Å². The Hall–Kier alpha value is -1.76. The predicted octanol–water partition coefficient (Wildman–Crippen LogP) is 4.17. The molecule has 1 aliphatic rings. The van der Waals surface area contributed by atoms with Gasteiger partial charge in [-0.1, -0.05) is 13.8 Å². The van der Waals surface area contributed by atoms with Gasteiger partial charge in [-0.2, -0.15) is 13.2 Å². The van der Waals surface area contributed by atoms with E-state index in [2.05, 4.69) is 9.89 Å². The molecule has 2 rings (SSSR count). The highest BCUT2D eigenvalue weighted by atomic mass is 19.4. The Bertz CT molecular complexity index is 638. The summed E-state index contributed by atoms with van der Waals surface area (Å²) in [5, 5.41) is 10.5. The molecular weight excluding hydrogens is 333 g/mol. The lowest BCUT2D eigenvalue weighted by molar-refractivity contribution is -0.283. The first-order chi connectivity index (χ1) is 11.6. The summed E-state index contributed by atoms with van der Waals surface area (Å²) in [5.41, 5.74) is -2.19. The second-order valence-electron chi connectivity index (χ2n) is 6.75. The van der Waals surface area contributed by atoms with Gasteiger partial charge in [-0.25, -0.2) is 4.99 Å². The minimum atomic E-state index is -4.82. The Balaban J connectivity index is 2.48. The molecule has 0 bridgehead atoms. The van der Waals surface area contributed by atoms with Crippen molar-refractivity contribution in [3.8, 4) is 5.75 Å². The lowest BCUT2D eigenvalue weighted by atomic mass is 9.81. The van der Waals surface area contributed by atoms with E-state index in [4.69, 9.17) is 4.74 Å². The highest BCUT2D eigenvalue weighted by molar-refractivity contribution is 5.65. The van der Waals surface area contributed by atoms with Crippen LogP contribution in [0.5, 0.6) is 5.75 Å². The van der Waals surface area contributed by atoms with Crippen molar-refractivity contribution in [3.63, 3.8) is 0 Å². The van der Waals surface area contributed by atoms with E-state index in [1.165, 1.54) is 33.1 Å². The number of rotatable bonds is 5. The number of aliphatic imine (C=N–C) groups is 1. The summed E-state index contributed by atoms with van der Waals surface area (Å²) in [6.07, 6.45) is -0.880. The molecule has 1 fully saturated rings. The number of methoxy groups -OCH3 is 1. The summed E-state index contributed by atoms with van der Waals surface area (Å²) in [6, 6.07) is 2.78. The number of benzene rings is 1. The molecule has 0 saturated carbocycles. The fraction of sp³-hybridized carbons (Fsp3) is 0.611. The SMILES string of the molecule is COc1cc(/N=C/N2CCCC2)c(C)cc1C(O)(C(C)C)C(F)(F)F. The summed E-state index contributed by atoms with van der Waals surface area (Å²) >= 11 is 0. The minimum absolute atomic E-state index is 0.0207. The van der Waals surface area contributed by atoms with Gasteiger partial charge in [-0.05, 0) is 37.3 Å². The topological polar surface area (TPSA) is 45.1 Å². The van der Waals surface area contributed by atoms with Gasteiger partial charge in [0.2, 0.25) is 0 Å². The number of ether oxygens (including phenoxy) is 1. The van der Waals surface area contributed by atoms with Gasteiger partial charge in [0.25, 0.3) is 0 Å². The molecule has 4 nitrogen and oxygen atoms in total. The van der Waals surface area contributed by atoms with E-state index in [0.29, 0.717) is 11.3 Å². The van der Waals surface area contributed by atoms with E-state index in [9.17, 15) is 18.3 Å². The summed E-state index contributed by atoms with van der Waals surface area (Å²) in [7, 11) is 1.29. The van der Waals surface area contributed by atoms with Crippen LogP contribution in [0.4, 0.5) is 18.9 Å². The van der Waals surface area contributed by atoms with Gasteiger partial charge in [0, 0.05) is 24.7 Å². The molecule has 1 aromatic rings. The quantitative estimate of drug-likeness (QED) is 0.635. The van der Waals surface area contributed by atoms with Crippen LogP contribution in [0.2, 0.25) is 0 Å². The third kappa shape index (κ3) is 3.76. The van der Waals surface area contributed by atoms with Crippen molar-refractivity contribution in [1.82, 2.24) is 4.90 Å². The number of nitrogens with zero attached hydrogens (tertiary/aromatic N) is 2. The number of aliphatic hydroxyl groups is 1. The van der Waals surface area contributed by atoms with Gasteiger partial charge in [-0.3, -0.25) is 0 Å². The first-order valence-corrected chi connectivity index (χ1v) is 8.37. The van der Waals surface area contributed by atoms with Crippen molar-refractivity contribution < 1.29 is 23.0 Å². The number of hydrogen-bond acceptors (Lipinski definition) is 3. The minimum Gasteiger partial charge on any atom is -0.496 e. The zero-order valence-corrected chi connectivity index (χ0v) is 15.0. The Morgan fingerprint density at radius 2 is 1.84 bits per heavy atom. The van der Waals surface area contributed by atoms with Gasteiger partial charge in [0.1, 0.15) is 5.75 Å². The summed E-state index contributed by atoms with van der Waals surface area (Å²) < 4.78 is 46.0. The molecule has 1 heterocycles. The molecule has 1 saturated heterocycles. The zero-order chi connectivity index (χ0) is 18.8. The Morgan fingerprint density at radius 3 is 2.32 bits per heavy atom. The van der Waals surface area contributed by atoms with Crippen molar-refractivity contribution in [1.29, 1.82) is 0 Å². The number of likely N-dealkylation sites (tertiary alicyclic amines) is 1. The molecule has 1 N–H and O–H groups in total. The zero-order valence-electron chi connectivity index (χ0n) is 15.0. The monoisotopic (exact) mass is 358 g/mol. The molecule has 7 heteroatoms. The third-order valence-corrected chi connectivity index (χ3v) is 4.70. The van der Waals surface area contributed by atoms with Crippen LogP contribution in [-0.4, -0.2) is 42.7 Å². The average molecular weight is 358 g/mol. The van der Waals surface area contributed by atoms with Crippen LogP contribution < -0.4 is 4.74 Å². The third-order valence-electron chi connectivity index (χ3n) is 4.70. The molecule has 25 heavy (non-hydrogen) atoms. The lowest BCUT2D eigenvalue weighted by Gasteiger charge is -2.35. The Kier molecular flexibility index (Phi) is 5.66. The van der Waals surface area contributed by atoms with Crippen LogP contribution in [0.3, 0.4) is 0 Å². The standard InChI is InChI=1S/C18H25F3N2O2/c1-12(2)17(24,18(19,20)21)14-9-13(3)15(10-16(14)25-4)22-11-23-7-5-6-8-23/h9-12,24H,5-8H2,1-4H3/b22-11+. The maximum absolute atomic E-state index is 13.6. The van der Waals surface area contributed by atoms with Gasteiger partial charge < -0.3 is 14.7 Å². The molecular formula is C18H25F3N2O2. The molecule has 0 aliphatic carbocycles. The predicted molar refractivity (Wildman–Crippen MR) is 91.5 cm³/mol. The van der Waals surface area contributed by atoms with Crippen LogP contribution in [-0.2, 0) is 5.60 Å². The van der Waals surface area contributed by atoms with Crippen LogP contribution >= 0.6 is 0 Å². The average Bonchev–Trinajstić information content (AvgIpc) is 3.04. The smallest absolute Gasteiger partial charge is 0.421 e. The Morgan fingerprint density at radius 1 is 1.24 bits per heavy atom. The van der Waals surface area contributed by atoms with Crippen LogP contribution in [0.25, 0.3) is 0 Å². The fourth-order valence-corrected chi connectivity index (χ4v) is 3.08. The largest absolute Gasteiger partial charge is 0.496 e. The molecule has 0 radical (unpaired) electrons. The molecule has 0 amide bonds. The fourth-order valence-electron chi connectivity index (χ4n) is 3.08. The van der Waals surface area contributed by atoms with E-state index in [-0.39, 0.29) is 11.3 Å². The summed E-state index contributed by atoms with van der Waals surface area (Å²) in [4.78, 5) is 6.45. The van der Waals surface area contributed by atoms with Crippen molar-refractivity contribution >= 4 is 12.0 Å². The summed E-state index contributed by atoms with van der Waals surface area (Å²) in [5.74, 6) is -1.09.